The third kappa shape index (κ3) is 5.70. The van der Waals surface area contributed by atoms with Crippen molar-refractivity contribution in [1.29, 1.82) is 0 Å². The first-order valence-electron chi connectivity index (χ1n) is 10.9. The van der Waals surface area contributed by atoms with E-state index in [1.807, 2.05) is 48.7 Å². The zero-order chi connectivity index (χ0) is 21.5. The number of hydrogen-bond donors (Lipinski definition) is 1. The molecule has 0 aliphatic carbocycles. The monoisotopic (exact) mass is 414 g/mol. The molecular formula is C26H30N4O. The largest absolute Gasteiger partial charge is 0.354 e. The predicted molar refractivity (Wildman–Crippen MR) is 125 cm³/mol. The molecule has 160 valence electrons. The Bertz CT molecular complexity index is 929. The molecule has 31 heavy (non-hydrogen) atoms. The SMILES string of the molecule is CN1CCN(c2cc(CNC(=O)CC(c3ccccc3)c3ccccc3)ccn2)CC1. The number of aromatic nitrogens is 1. The van der Waals surface area contributed by atoms with Crippen molar-refractivity contribution in [1.82, 2.24) is 15.2 Å². The van der Waals surface area contributed by atoms with Crippen molar-refractivity contribution in [2.75, 3.05) is 38.1 Å². The van der Waals surface area contributed by atoms with Crippen LogP contribution in [0.1, 0.15) is 29.0 Å². The first-order chi connectivity index (χ1) is 15.2. The Morgan fingerprint density at radius 3 is 2.16 bits per heavy atom. The average Bonchev–Trinajstić information content (AvgIpc) is 2.83. The van der Waals surface area contributed by atoms with Gasteiger partial charge in [-0.05, 0) is 35.9 Å². The fourth-order valence-electron chi connectivity index (χ4n) is 4.04. The molecule has 2 heterocycles. The van der Waals surface area contributed by atoms with Gasteiger partial charge in [-0.2, -0.15) is 0 Å². The summed E-state index contributed by atoms with van der Waals surface area (Å²) in [7, 11) is 2.15. The van der Waals surface area contributed by atoms with Gasteiger partial charge in [0.05, 0.1) is 0 Å². The predicted octanol–water partition coefficient (Wildman–Crippen LogP) is 3.67. The van der Waals surface area contributed by atoms with Crippen LogP contribution in [0.25, 0.3) is 0 Å². The minimum atomic E-state index is 0.0424. The van der Waals surface area contributed by atoms with Gasteiger partial charge in [-0.15, -0.1) is 0 Å². The van der Waals surface area contributed by atoms with E-state index in [0.29, 0.717) is 13.0 Å². The third-order valence-corrected chi connectivity index (χ3v) is 5.92. The van der Waals surface area contributed by atoms with E-state index in [9.17, 15) is 4.79 Å². The van der Waals surface area contributed by atoms with E-state index >= 15 is 0 Å². The van der Waals surface area contributed by atoms with Crippen molar-refractivity contribution >= 4 is 11.7 Å². The van der Waals surface area contributed by atoms with Crippen LogP contribution in [0.3, 0.4) is 0 Å². The summed E-state index contributed by atoms with van der Waals surface area (Å²) >= 11 is 0. The maximum Gasteiger partial charge on any atom is 0.221 e. The minimum absolute atomic E-state index is 0.0424. The van der Waals surface area contributed by atoms with Gasteiger partial charge in [0.1, 0.15) is 5.82 Å². The molecule has 1 aromatic heterocycles. The van der Waals surface area contributed by atoms with E-state index in [1.165, 1.54) is 0 Å². The molecule has 0 saturated carbocycles. The number of piperazine rings is 1. The Kier molecular flexibility index (Phi) is 6.95. The second kappa shape index (κ2) is 10.2. The highest BCUT2D eigenvalue weighted by Crippen LogP contribution is 2.27. The van der Waals surface area contributed by atoms with Gasteiger partial charge in [0.2, 0.25) is 5.91 Å². The van der Waals surface area contributed by atoms with Crippen molar-refractivity contribution in [3.8, 4) is 0 Å². The lowest BCUT2D eigenvalue weighted by Gasteiger charge is -2.33. The quantitative estimate of drug-likeness (QED) is 0.641. The number of pyridine rings is 1. The summed E-state index contributed by atoms with van der Waals surface area (Å²) < 4.78 is 0. The second-order valence-electron chi connectivity index (χ2n) is 8.17. The van der Waals surface area contributed by atoms with Crippen LogP contribution >= 0.6 is 0 Å². The first kappa shape index (κ1) is 21.1. The normalized spacial score (nSPS) is 14.6. The zero-order valence-corrected chi connectivity index (χ0v) is 18.1. The molecule has 0 spiro atoms. The van der Waals surface area contributed by atoms with Crippen molar-refractivity contribution in [2.45, 2.75) is 18.9 Å². The lowest BCUT2D eigenvalue weighted by molar-refractivity contribution is -0.121. The van der Waals surface area contributed by atoms with E-state index in [1.54, 1.807) is 0 Å². The van der Waals surface area contributed by atoms with Crippen molar-refractivity contribution in [3.05, 3.63) is 95.7 Å². The van der Waals surface area contributed by atoms with Crippen LogP contribution in [0.5, 0.6) is 0 Å². The topological polar surface area (TPSA) is 48.5 Å². The zero-order valence-electron chi connectivity index (χ0n) is 18.1. The number of hydrogen-bond acceptors (Lipinski definition) is 4. The number of nitrogens with zero attached hydrogens (tertiary/aromatic N) is 3. The van der Waals surface area contributed by atoms with Crippen LogP contribution in [0.2, 0.25) is 0 Å². The van der Waals surface area contributed by atoms with E-state index in [2.05, 4.69) is 57.5 Å². The molecule has 1 fully saturated rings. The highest BCUT2D eigenvalue weighted by Gasteiger charge is 2.18. The number of carbonyl (C=O) groups is 1. The lowest BCUT2D eigenvalue weighted by Crippen LogP contribution is -2.44. The van der Waals surface area contributed by atoms with Crippen LogP contribution in [0.15, 0.2) is 79.0 Å². The van der Waals surface area contributed by atoms with Gasteiger partial charge in [-0.3, -0.25) is 4.79 Å². The van der Waals surface area contributed by atoms with Gasteiger partial charge in [-0.25, -0.2) is 4.98 Å². The van der Waals surface area contributed by atoms with Gasteiger partial charge >= 0.3 is 0 Å². The average molecular weight is 415 g/mol. The molecule has 1 aliphatic heterocycles. The number of amides is 1. The lowest BCUT2D eigenvalue weighted by atomic mass is 9.88. The van der Waals surface area contributed by atoms with Gasteiger partial charge in [0, 0.05) is 51.3 Å². The highest BCUT2D eigenvalue weighted by atomic mass is 16.1. The Balaban J connectivity index is 1.39. The van der Waals surface area contributed by atoms with Crippen LogP contribution in [0.4, 0.5) is 5.82 Å². The molecule has 1 saturated heterocycles. The Morgan fingerprint density at radius 2 is 1.55 bits per heavy atom. The number of likely N-dealkylation sites (N-methyl/N-ethyl adjacent to an activating group) is 1. The summed E-state index contributed by atoms with van der Waals surface area (Å²) in [6.07, 6.45) is 2.26. The van der Waals surface area contributed by atoms with Crippen LogP contribution in [-0.4, -0.2) is 49.0 Å². The Labute approximate surface area is 184 Å². The number of rotatable bonds is 7. The summed E-state index contributed by atoms with van der Waals surface area (Å²) in [6.45, 7) is 4.56. The molecule has 3 aromatic rings. The van der Waals surface area contributed by atoms with Crippen molar-refractivity contribution < 1.29 is 4.79 Å². The molecule has 0 atom stereocenters. The summed E-state index contributed by atoms with van der Waals surface area (Å²) in [5.74, 6) is 1.09. The van der Waals surface area contributed by atoms with Crippen LogP contribution < -0.4 is 10.2 Å². The van der Waals surface area contributed by atoms with Gasteiger partial charge < -0.3 is 15.1 Å². The molecule has 1 amide bonds. The number of anilines is 1. The molecule has 5 heteroatoms. The van der Waals surface area contributed by atoms with E-state index < -0.39 is 0 Å². The molecule has 5 nitrogen and oxygen atoms in total. The molecule has 1 N–H and O–H groups in total. The number of benzene rings is 2. The fraction of sp³-hybridized carbons (Fsp3) is 0.308. The summed E-state index contributed by atoms with van der Waals surface area (Å²) in [6, 6.07) is 24.6. The minimum Gasteiger partial charge on any atom is -0.354 e. The Morgan fingerprint density at radius 1 is 0.935 bits per heavy atom. The summed E-state index contributed by atoms with van der Waals surface area (Å²) in [5, 5.41) is 3.11. The van der Waals surface area contributed by atoms with Gasteiger partial charge in [0.25, 0.3) is 0 Å². The molecule has 0 unspecified atom stereocenters. The number of carbonyl (C=O) groups excluding carboxylic acids is 1. The molecule has 4 rings (SSSR count). The van der Waals surface area contributed by atoms with Crippen molar-refractivity contribution in [3.63, 3.8) is 0 Å². The maximum absolute atomic E-state index is 12.9. The van der Waals surface area contributed by atoms with Crippen molar-refractivity contribution in [2.24, 2.45) is 0 Å². The molecule has 0 radical (unpaired) electrons. The third-order valence-electron chi connectivity index (χ3n) is 5.92. The van der Waals surface area contributed by atoms with Gasteiger partial charge in [0.15, 0.2) is 0 Å². The van der Waals surface area contributed by atoms with E-state index in [-0.39, 0.29) is 11.8 Å². The standard InChI is InChI=1S/C26H30N4O/c1-29-14-16-30(17-15-29)25-18-21(12-13-27-25)20-28-26(31)19-24(22-8-4-2-5-9-22)23-10-6-3-7-11-23/h2-13,18,24H,14-17,19-20H2,1H3,(H,28,31). The molecule has 1 aliphatic rings. The highest BCUT2D eigenvalue weighted by molar-refractivity contribution is 5.77. The number of nitrogens with one attached hydrogen (secondary N) is 1. The van der Waals surface area contributed by atoms with Gasteiger partial charge in [-0.1, -0.05) is 60.7 Å². The van der Waals surface area contributed by atoms with Crippen LogP contribution in [-0.2, 0) is 11.3 Å². The summed E-state index contributed by atoms with van der Waals surface area (Å²) in [5.41, 5.74) is 3.39. The first-order valence-corrected chi connectivity index (χ1v) is 10.9. The second-order valence-corrected chi connectivity index (χ2v) is 8.17. The summed E-state index contributed by atoms with van der Waals surface area (Å²) in [4.78, 5) is 22.0. The van der Waals surface area contributed by atoms with E-state index in [4.69, 9.17) is 0 Å². The smallest absolute Gasteiger partial charge is 0.221 e. The Hall–Kier alpha value is -3.18. The fourth-order valence-corrected chi connectivity index (χ4v) is 4.04. The van der Waals surface area contributed by atoms with Crippen LogP contribution in [0, 0.1) is 0 Å². The molecule has 2 aromatic carbocycles. The maximum atomic E-state index is 12.9. The molecular weight excluding hydrogens is 384 g/mol. The van der Waals surface area contributed by atoms with E-state index in [0.717, 1.165) is 48.7 Å². The molecule has 0 bridgehead atoms.